The van der Waals surface area contributed by atoms with Gasteiger partial charge in [-0.05, 0) is 61.9 Å². The highest BCUT2D eigenvalue weighted by molar-refractivity contribution is 5.91. The molecule has 0 spiro atoms. The Morgan fingerprint density at radius 3 is 2.09 bits per heavy atom. The van der Waals surface area contributed by atoms with Crippen molar-refractivity contribution in [1.82, 2.24) is 5.32 Å². The van der Waals surface area contributed by atoms with Crippen molar-refractivity contribution in [3.05, 3.63) is 84.0 Å². The summed E-state index contributed by atoms with van der Waals surface area (Å²) in [6.45, 7) is 11.1. The average Bonchev–Trinajstić information content (AvgIpc) is 2.98. The molecule has 10 heteroatoms. The maximum atomic E-state index is 13.4. The molecular formula is C37H55BNO8. The Hall–Kier alpha value is -4.34. The molecule has 0 saturated carbocycles. The fraction of sp³-hybridized carbons (Fsp3) is 0.459. The van der Waals surface area contributed by atoms with E-state index in [2.05, 4.69) is 5.32 Å². The molecule has 1 amide bonds. The third kappa shape index (κ3) is 15.2. The first kappa shape index (κ1) is 44.8. The zero-order valence-electron chi connectivity index (χ0n) is 26.9. The number of amides is 1. The zero-order chi connectivity index (χ0) is 32.9. The number of rotatable bonds is 16. The van der Waals surface area contributed by atoms with Crippen LogP contribution in [0.2, 0.25) is 0 Å². The van der Waals surface area contributed by atoms with Crippen molar-refractivity contribution in [3.63, 3.8) is 0 Å². The number of esters is 2. The highest BCUT2D eigenvalue weighted by Gasteiger charge is 2.34. The number of carboxylic acid groups (broad SMARTS) is 1. The molecule has 2 rings (SSSR count). The number of aromatic hydroxyl groups is 1. The van der Waals surface area contributed by atoms with Crippen LogP contribution in [0.1, 0.15) is 94.3 Å². The average molecular weight is 654 g/mol. The molecule has 2 aromatic carbocycles. The minimum atomic E-state index is -1.33. The van der Waals surface area contributed by atoms with E-state index in [0.717, 1.165) is 5.56 Å². The summed E-state index contributed by atoms with van der Waals surface area (Å²) >= 11 is 0. The summed E-state index contributed by atoms with van der Waals surface area (Å²) in [6.07, 6.45) is 5.68. The number of phenolic OH excluding ortho intramolecular Hbond substituents is 1. The molecule has 3 N–H and O–H groups in total. The second-order valence-electron chi connectivity index (χ2n) is 11.9. The topological polar surface area (TPSA) is 139 Å². The van der Waals surface area contributed by atoms with Gasteiger partial charge in [-0.1, -0.05) is 103 Å². The van der Waals surface area contributed by atoms with Crippen molar-refractivity contribution in [2.45, 2.75) is 93.9 Å². The van der Waals surface area contributed by atoms with E-state index >= 15 is 0 Å². The number of carbonyl (C=O) groups is 4. The predicted molar refractivity (Wildman–Crippen MR) is 190 cm³/mol. The highest BCUT2D eigenvalue weighted by Crippen LogP contribution is 2.25. The Morgan fingerprint density at radius 1 is 0.957 bits per heavy atom. The number of nitrogens with one attached hydrogen (secondary N) is 1. The molecule has 259 valence electrons. The summed E-state index contributed by atoms with van der Waals surface area (Å²) in [5.74, 6) is -3.33. The zero-order valence-corrected chi connectivity index (χ0v) is 26.9. The van der Waals surface area contributed by atoms with Gasteiger partial charge in [0.15, 0.2) is 12.1 Å². The van der Waals surface area contributed by atoms with E-state index in [1.807, 2.05) is 70.2 Å². The molecule has 9 nitrogen and oxygen atoms in total. The molecule has 0 aromatic heterocycles. The lowest BCUT2D eigenvalue weighted by Gasteiger charge is -2.28. The first-order valence-corrected chi connectivity index (χ1v) is 14.9. The normalized spacial score (nSPS) is 13.7. The minimum absolute atomic E-state index is 0. The van der Waals surface area contributed by atoms with Crippen LogP contribution in [0.4, 0.5) is 0 Å². The van der Waals surface area contributed by atoms with Gasteiger partial charge in [0, 0.05) is 22.2 Å². The van der Waals surface area contributed by atoms with Crippen LogP contribution in [0, 0.1) is 17.3 Å². The molecule has 0 aliphatic carbocycles. The first-order valence-electron chi connectivity index (χ1n) is 14.9. The number of hydrogen-bond donors (Lipinski definition) is 3. The number of aliphatic carboxylic acids is 1. The summed E-state index contributed by atoms with van der Waals surface area (Å²) < 4.78 is 11.6. The summed E-state index contributed by atoms with van der Waals surface area (Å²) in [6, 6.07) is 13.8. The van der Waals surface area contributed by atoms with Crippen molar-refractivity contribution >= 4 is 38.3 Å². The van der Waals surface area contributed by atoms with Gasteiger partial charge in [-0.2, -0.15) is 0 Å². The Bertz CT molecular complexity index is 1310. The van der Waals surface area contributed by atoms with Crippen LogP contribution in [0.15, 0.2) is 72.8 Å². The van der Waals surface area contributed by atoms with E-state index < -0.39 is 47.5 Å². The lowest BCUT2D eigenvalue weighted by Crippen LogP contribution is -2.38. The van der Waals surface area contributed by atoms with Gasteiger partial charge in [-0.25, -0.2) is 9.59 Å². The number of phenols is 1. The van der Waals surface area contributed by atoms with Crippen molar-refractivity contribution < 1.29 is 40.3 Å². The van der Waals surface area contributed by atoms with Gasteiger partial charge < -0.3 is 25.0 Å². The van der Waals surface area contributed by atoms with Gasteiger partial charge in [-0.3, -0.25) is 9.59 Å². The lowest BCUT2D eigenvalue weighted by atomic mass is 9.90. The molecule has 0 aliphatic heterocycles. The molecule has 2 unspecified atom stereocenters. The Morgan fingerprint density at radius 2 is 1.55 bits per heavy atom. The molecule has 0 aliphatic rings. The van der Waals surface area contributed by atoms with Crippen molar-refractivity contribution in [2.24, 2.45) is 17.3 Å². The van der Waals surface area contributed by atoms with E-state index in [9.17, 15) is 29.4 Å². The standard InChI is InChI=1S/C35H45NO8.2CH4.B.H2/c1-7-35(5,6)34(42)44-29(22-23(2)3)33(41)43-28(24(4)16-17-25-12-9-8-10-13-25)14-11-15-30(38)36-31(32(39)40)26-18-20-27(37)21-19-26;;;;/h8-13,15-21,23-24,28-29,31,37H,7,14,22H2,1-6H3,(H,36,38)(H,39,40);2*1H4;;1H/b15-11+,17-16+;;;;/t24?,28?,29-,31+;;;;/m0..../s1/i;;;;1+1. The van der Waals surface area contributed by atoms with Crippen LogP contribution < -0.4 is 5.32 Å². The third-order valence-electron chi connectivity index (χ3n) is 7.28. The molecule has 47 heavy (non-hydrogen) atoms. The molecule has 4 atom stereocenters. The quantitative estimate of drug-likeness (QED) is 0.0970. The largest absolute Gasteiger partial charge is 0.508 e. The Labute approximate surface area is 284 Å². The smallest absolute Gasteiger partial charge is 0.347 e. The third-order valence-corrected chi connectivity index (χ3v) is 7.28. The predicted octanol–water partition coefficient (Wildman–Crippen LogP) is 7.37. The first-order chi connectivity index (χ1) is 20.7. The summed E-state index contributed by atoms with van der Waals surface area (Å²) in [5, 5.41) is 21.6. The molecule has 2 aromatic rings. The minimum Gasteiger partial charge on any atom is -0.508 e. The van der Waals surface area contributed by atoms with Crippen molar-refractivity contribution in [3.8, 4) is 5.75 Å². The Kier molecular flexibility index (Phi) is 20.4. The molecule has 0 heterocycles. The van der Waals surface area contributed by atoms with Gasteiger partial charge in [0.2, 0.25) is 5.91 Å². The van der Waals surface area contributed by atoms with Crippen molar-refractivity contribution in [2.75, 3.05) is 0 Å². The van der Waals surface area contributed by atoms with Crippen molar-refractivity contribution in [1.29, 1.82) is 0 Å². The number of benzene rings is 2. The van der Waals surface area contributed by atoms with Crippen LogP contribution in [-0.2, 0) is 28.7 Å². The van der Waals surface area contributed by atoms with E-state index in [4.69, 9.17) is 9.47 Å². The molecular weight excluding hydrogens is 597 g/mol. The lowest BCUT2D eigenvalue weighted by molar-refractivity contribution is -0.178. The van der Waals surface area contributed by atoms with Gasteiger partial charge in [0.05, 0.1) is 5.41 Å². The highest BCUT2D eigenvalue weighted by atomic mass is 16.6. The van der Waals surface area contributed by atoms with Crippen LogP contribution in [0.25, 0.3) is 6.08 Å². The van der Waals surface area contributed by atoms with Crippen LogP contribution >= 0.6 is 0 Å². The summed E-state index contributed by atoms with van der Waals surface area (Å²) in [7, 11) is 0. The second kappa shape index (κ2) is 21.5. The van der Waals surface area contributed by atoms with Crippen LogP contribution in [0.3, 0.4) is 0 Å². The van der Waals surface area contributed by atoms with E-state index in [0.29, 0.717) is 12.0 Å². The van der Waals surface area contributed by atoms with Gasteiger partial charge in [0.25, 0.3) is 0 Å². The molecule has 3 radical (unpaired) electrons. The fourth-order valence-electron chi connectivity index (χ4n) is 4.05. The van der Waals surface area contributed by atoms with Gasteiger partial charge in [-0.15, -0.1) is 0 Å². The molecule has 0 fully saturated rings. The second-order valence-corrected chi connectivity index (χ2v) is 11.9. The number of hydrogen-bond acceptors (Lipinski definition) is 7. The summed E-state index contributed by atoms with van der Waals surface area (Å²) in [4.78, 5) is 50.7. The van der Waals surface area contributed by atoms with Crippen LogP contribution in [-0.4, -0.2) is 54.6 Å². The SMILES string of the molecule is C.C.CCC(C)(C)C(=O)O[C@@H](CC(C)C)C(=O)OC(C/C=C/C(=O)N[C@@H](C(=O)O)c1ccc(O)cc1)C(C)/C=C/c1ccccc1.[2HH].[B]. The summed E-state index contributed by atoms with van der Waals surface area (Å²) in [5.41, 5.74) is 0.493. The molecule has 0 bridgehead atoms. The molecule has 0 saturated heterocycles. The van der Waals surface area contributed by atoms with Crippen LogP contribution in [0.5, 0.6) is 5.75 Å². The number of ether oxygens (including phenoxy) is 2. The van der Waals surface area contributed by atoms with E-state index in [1.165, 1.54) is 36.4 Å². The maximum Gasteiger partial charge on any atom is 0.347 e. The fourth-order valence-corrected chi connectivity index (χ4v) is 4.05. The van der Waals surface area contributed by atoms with E-state index in [-0.39, 0.29) is 55.1 Å². The van der Waals surface area contributed by atoms with E-state index in [1.54, 1.807) is 13.8 Å². The Balaban J connectivity index is -0.00000506. The van der Waals surface area contributed by atoms with Gasteiger partial charge in [0.1, 0.15) is 11.9 Å². The monoisotopic (exact) mass is 653 g/mol. The maximum absolute atomic E-state index is 13.4. The van der Waals surface area contributed by atoms with Gasteiger partial charge >= 0.3 is 17.9 Å². The number of carboxylic acids is 1. The number of carbonyl (C=O) groups excluding carboxylic acids is 3.